The molecule has 0 aromatic carbocycles. The van der Waals surface area contributed by atoms with Crippen LogP contribution in [0.25, 0.3) is 0 Å². The second-order valence-electron chi connectivity index (χ2n) is 3.07. The molecule has 5 heteroatoms. The molecule has 0 spiro atoms. The third-order valence-corrected chi connectivity index (χ3v) is 3.57. The first kappa shape index (κ1) is 13.1. The van der Waals surface area contributed by atoms with Gasteiger partial charge in [0.15, 0.2) is 5.16 Å². The van der Waals surface area contributed by atoms with E-state index in [1.165, 1.54) is 31.0 Å². The normalized spacial score (nSPS) is 10.6. The molecule has 1 aromatic rings. The van der Waals surface area contributed by atoms with E-state index in [9.17, 15) is 0 Å². The number of nitrogens with zero attached hydrogens (tertiary/aromatic N) is 2. The van der Waals surface area contributed by atoms with E-state index >= 15 is 0 Å². The van der Waals surface area contributed by atoms with E-state index in [-0.39, 0.29) is 0 Å². The van der Waals surface area contributed by atoms with Crippen LogP contribution in [0.3, 0.4) is 0 Å². The quantitative estimate of drug-likeness (QED) is 0.333. The summed E-state index contributed by atoms with van der Waals surface area (Å²) in [5, 5.41) is 2.27. The Morgan fingerprint density at radius 1 is 1.33 bits per heavy atom. The Morgan fingerprint density at radius 2 is 2.13 bits per heavy atom. The van der Waals surface area contributed by atoms with Crippen LogP contribution in [0, 0.1) is 0 Å². The highest BCUT2D eigenvalue weighted by molar-refractivity contribution is 7.99. The maximum Gasteiger partial charge on any atom is 0.189 e. The SMILES string of the molecule is CCCCCSc1cc(Cl)nc(SC)n1. The first-order valence-corrected chi connectivity index (χ1v) is 7.56. The van der Waals surface area contributed by atoms with Crippen LogP contribution in [0.4, 0.5) is 0 Å². The van der Waals surface area contributed by atoms with Gasteiger partial charge in [0.2, 0.25) is 0 Å². The minimum absolute atomic E-state index is 0.535. The lowest BCUT2D eigenvalue weighted by Crippen LogP contribution is -1.90. The van der Waals surface area contributed by atoms with E-state index in [4.69, 9.17) is 11.6 Å². The van der Waals surface area contributed by atoms with E-state index in [0.717, 1.165) is 15.9 Å². The summed E-state index contributed by atoms with van der Waals surface area (Å²) in [6.07, 6.45) is 5.72. The summed E-state index contributed by atoms with van der Waals surface area (Å²) in [5.74, 6) is 1.11. The summed E-state index contributed by atoms with van der Waals surface area (Å²) < 4.78 is 0. The molecule has 0 atom stereocenters. The predicted octanol–water partition coefficient (Wildman–Crippen LogP) is 4.13. The number of aromatic nitrogens is 2. The fourth-order valence-electron chi connectivity index (χ4n) is 1.07. The average molecular weight is 263 g/mol. The Bertz CT molecular complexity index is 307. The Balaban J connectivity index is 2.49. The summed E-state index contributed by atoms with van der Waals surface area (Å²) in [5.41, 5.74) is 0. The van der Waals surface area contributed by atoms with Crippen molar-refractivity contribution in [3.05, 3.63) is 11.2 Å². The second kappa shape index (κ2) is 7.36. The van der Waals surface area contributed by atoms with Gasteiger partial charge in [0, 0.05) is 6.07 Å². The molecule has 0 fully saturated rings. The van der Waals surface area contributed by atoms with E-state index in [2.05, 4.69) is 16.9 Å². The third-order valence-electron chi connectivity index (χ3n) is 1.83. The van der Waals surface area contributed by atoms with Crippen LogP contribution in [-0.2, 0) is 0 Å². The molecule has 2 nitrogen and oxygen atoms in total. The van der Waals surface area contributed by atoms with Crippen molar-refractivity contribution >= 4 is 35.1 Å². The maximum atomic E-state index is 5.89. The van der Waals surface area contributed by atoms with Gasteiger partial charge in [0.25, 0.3) is 0 Å². The topological polar surface area (TPSA) is 25.8 Å². The minimum atomic E-state index is 0.535. The first-order valence-electron chi connectivity index (χ1n) is 4.97. The van der Waals surface area contributed by atoms with Crippen LogP contribution in [-0.4, -0.2) is 22.0 Å². The molecule has 0 aliphatic heterocycles. The van der Waals surface area contributed by atoms with Gasteiger partial charge in [-0.15, -0.1) is 11.8 Å². The van der Waals surface area contributed by atoms with Crippen molar-refractivity contribution < 1.29 is 0 Å². The molecular formula is C10H15ClN2S2. The number of rotatable bonds is 6. The number of halogens is 1. The molecule has 1 rings (SSSR count). The Kier molecular flexibility index (Phi) is 6.45. The van der Waals surface area contributed by atoms with Gasteiger partial charge in [0.1, 0.15) is 10.2 Å². The van der Waals surface area contributed by atoms with Crippen molar-refractivity contribution in [1.29, 1.82) is 0 Å². The molecule has 84 valence electrons. The maximum absolute atomic E-state index is 5.89. The number of hydrogen-bond acceptors (Lipinski definition) is 4. The zero-order chi connectivity index (χ0) is 11.1. The molecule has 1 aromatic heterocycles. The fourth-order valence-corrected chi connectivity index (χ4v) is 2.71. The van der Waals surface area contributed by atoms with Gasteiger partial charge in [0.05, 0.1) is 0 Å². The lowest BCUT2D eigenvalue weighted by atomic mass is 10.3. The molecular weight excluding hydrogens is 248 g/mol. The molecule has 0 unspecified atom stereocenters. The zero-order valence-corrected chi connectivity index (χ0v) is 11.4. The van der Waals surface area contributed by atoms with Crippen LogP contribution >= 0.6 is 35.1 Å². The summed E-state index contributed by atoms with van der Waals surface area (Å²) in [4.78, 5) is 8.48. The largest absolute Gasteiger partial charge is 0.216 e. The van der Waals surface area contributed by atoms with Crippen molar-refractivity contribution in [2.75, 3.05) is 12.0 Å². The lowest BCUT2D eigenvalue weighted by Gasteiger charge is -2.02. The molecule has 0 N–H and O–H groups in total. The highest BCUT2D eigenvalue weighted by atomic mass is 35.5. The van der Waals surface area contributed by atoms with Crippen molar-refractivity contribution in [3.8, 4) is 0 Å². The van der Waals surface area contributed by atoms with Gasteiger partial charge in [-0.1, -0.05) is 43.1 Å². The summed E-state index contributed by atoms with van der Waals surface area (Å²) >= 11 is 9.17. The van der Waals surface area contributed by atoms with Crippen molar-refractivity contribution in [1.82, 2.24) is 9.97 Å². The number of hydrogen-bond donors (Lipinski definition) is 0. The van der Waals surface area contributed by atoms with Gasteiger partial charge >= 0.3 is 0 Å². The van der Waals surface area contributed by atoms with Crippen molar-refractivity contribution in [3.63, 3.8) is 0 Å². The van der Waals surface area contributed by atoms with Gasteiger partial charge in [-0.2, -0.15) is 0 Å². The summed E-state index contributed by atoms with van der Waals surface area (Å²) in [6, 6.07) is 1.83. The fraction of sp³-hybridized carbons (Fsp3) is 0.600. The van der Waals surface area contributed by atoms with Crippen LogP contribution < -0.4 is 0 Å². The van der Waals surface area contributed by atoms with E-state index in [0.29, 0.717) is 5.15 Å². The van der Waals surface area contributed by atoms with Gasteiger partial charge in [-0.25, -0.2) is 9.97 Å². The molecule has 1 heterocycles. The third kappa shape index (κ3) is 5.09. The molecule has 0 bridgehead atoms. The van der Waals surface area contributed by atoms with Gasteiger partial charge in [-0.3, -0.25) is 0 Å². The second-order valence-corrected chi connectivity index (χ2v) is 5.35. The van der Waals surface area contributed by atoms with Crippen LogP contribution in [0.5, 0.6) is 0 Å². The predicted molar refractivity (Wildman–Crippen MR) is 69.1 cm³/mol. The average Bonchev–Trinajstić information content (AvgIpc) is 2.23. The monoisotopic (exact) mass is 262 g/mol. The molecule has 0 saturated heterocycles. The summed E-state index contributed by atoms with van der Waals surface area (Å²) in [7, 11) is 0. The number of unbranched alkanes of at least 4 members (excludes halogenated alkanes) is 2. The van der Waals surface area contributed by atoms with Gasteiger partial charge < -0.3 is 0 Å². The number of thioether (sulfide) groups is 2. The van der Waals surface area contributed by atoms with E-state index < -0.39 is 0 Å². The minimum Gasteiger partial charge on any atom is -0.216 e. The molecule has 0 radical (unpaired) electrons. The standard InChI is InChI=1S/C10H15ClN2S2/c1-3-4-5-6-15-9-7-8(11)12-10(13-9)14-2/h7H,3-6H2,1-2H3. The van der Waals surface area contributed by atoms with Crippen molar-refractivity contribution in [2.45, 2.75) is 36.4 Å². The van der Waals surface area contributed by atoms with Crippen LogP contribution in [0.1, 0.15) is 26.2 Å². The van der Waals surface area contributed by atoms with Crippen LogP contribution in [0.2, 0.25) is 5.15 Å². The highest BCUT2D eigenvalue weighted by Crippen LogP contribution is 2.22. The first-order chi connectivity index (χ1) is 7.26. The van der Waals surface area contributed by atoms with Gasteiger partial charge in [-0.05, 0) is 18.4 Å². The lowest BCUT2D eigenvalue weighted by molar-refractivity contribution is 0.777. The molecule has 0 aliphatic carbocycles. The van der Waals surface area contributed by atoms with Crippen molar-refractivity contribution in [2.24, 2.45) is 0 Å². The Hall–Kier alpha value is 0.0700. The summed E-state index contributed by atoms with van der Waals surface area (Å²) in [6.45, 7) is 2.21. The highest BCUT2D eigenvalue weighted by Gasteiger charge is 2.02. The molecule has 0 saturated carbocycles. The molecule has 15 heavy (non-hydrogen) atoms. The molecule has 0 aliphatic rings. The Morgan fingerprint density at radius 3 is 2.80 bits per heavy atom. The zero-order valence-electron chi connectivity index (χ0n) is 8.99. The smallest absolute Gasteiger partial charge is 0.189 e. The van der Waals surface area contributed by atoms with E-state index in [1.54, 1.807) is 11.8 Å². The molecule has 0 amide bonds. The van der Waals surface area contributed by atoms with Crippen LogP contribution in [0.15, 0.2) is 16.2 Å². The van der Waals surface area contributed by atoms with E-state index in [1.807, 2.05) is 12.3 Å². The Labute approximate surface area is 105 Å².